The van der Waals surface area contributed by atoms with Crippen molar-refractivity contribution in [2.45, 2.75) is 0 Å². The van der Waals surface area contributed by atoms with Crippen molar-refractivity contribution in [3.63, 3.8) is 0 Å². The molecule has 0 spiro atoms. The number of rotatable bonds is 2. The fourth-order valence-electron chi connectivity index (χ4n) is 2.16. The van der Waals surface area contributed by atoms with Gasteiger partial charge in [0.05, 0.1) is 16.8 Å². The quantitative estimate of drug-likeness (QED) is 0.772. The lowest BCUT2D eigenvalue weighted by Gasteiger charge is -2.08. The van der Waals surface area contributed by atoms with Gasteiger partial charge in [-0.05, 0) is 18.2 Å². The first-order valence-electron chi connectivity index (χ1n) is 6.31. The van der Waals surface area contributed by atoms with Crippen LogP contribution in [0.1, 0.15) is 31.2 Å². The van der Waals surface area contributed by atoms with Gasteiger partial charge in [-0.15, -0.1) is 0 Å². The van der Waals surface area contributed by atoms with Gasteiger partial charge in [0.15, 0.2) is 0 Å². The van der Waals surface area contributed by atoms with E-state index in [0.717, 1.165) is 4.90 Å². The van der Waals surface area contributed by atoms with Crippen molar-refractivity contribution in [3.8, 4) is 0 Å². The zero-order valence-corrected chi connectivity index (χ0v) is 11.4. The number of hydrogen-bond acceptors (Lipinski definition) is 5. The predicted octanol–water partition coefficient (Wildman–Crippen LogP) is 0.248. The van der Waals surface area contributed by atoms with Crippen LogP contribution >= 0.6 is 0 Å². The van der Waals surface area contributed by atoms with Crippen molar-refractivity contribution < 1.29 is 14.4 Å². The van der Waals surface area contributed by atoms with Crippen LogP contribution < -0.4 is 10.9 Å². The molecule has 8 nitrogen and oxygen atoms in total. The second-order valence-electron chi connectivity index (χ2n) is 4.66. The van der Waals surface area contributed by atoms with E-state index in [1.54, 1.807) is 6.07 Å². The third kappa shape index (κ3) is 2.06. The minimum atomic E-state index is -0.598. The summed E-state index contributed by atoms with van der Waals surface area (Å²) >= 11 is 0. The Hall–Kier alpha value is -3.29. The molecule has 0 fully saturated rings. The molecule has 1 aromatic heterocycles. The molecule has 0 unspecified atom stereocenters. The summed E-state index contributed by atoms with van der Waals surface area (Å²) in [5, 5.41) is 8.28. The number of H-pyrrole nitrogens is 1. The van der Waals surface area contributed by atoms with Crippen LogP contribution in [0.5, 0.6) is 0 Å². The van der Waals surface area contributed by atoms with Gasteiger partial charge in [-0.2, -0.15) is 5.10 Å². The molecule has 3 amide bonds. The number of imide groups is 1. The van der Waals surface area contributed by atoms with Crippen molar-refractivity contribution in [2.75, 3.05) is 12.4 Å². The minimum absolute atomic E-state index is 0.0117. The van der Waals surface area contributed by atoms with E-state index in [9.17, 15) is 19.2 Å². The number of amides is 3. The highest BCUT2D eigenvalue weighted by atomic mass is 16.2. The van der Waals surface area contributed by atoms with Crippen LogP contribution in [-0.4, -0.2) is 39.9 Å². The Morgan fingerprint density at radius 2 is 1.91 bits per heavy atom. The van der Waals surface area contributed by atoms with Gasteiger partial charge in [-0.25, -0.2) is 5.10 Å². The van der Waals surface area contributed by atoms with E-state index >= 15 is 0 Å². The van der Waals surface area contributed by atoms with Crippen LogP contribution in [0.3, 0.4) is 0 Å². The van der Waals surface area contributed by atoms with Gasteiger partial charge < -0.3 is 5.32 Å². The molecule has 2 heterocycles. The minimum Gasteiger partial charge on any atom is -0.320 e. The van der Waals surface area contributed by atoms with E-state index in [2.05, 4.69) is 15.5 Å². The molecule has 3 rings (SSSR count). The summed E-state index contributed by atoms with van der Waals surface area (Å²) in [5.41, 5.74) is 0.160. The van der Waals surface area contributed by atoms with Gasteiger partial charge in [-0.3, -0.25) is 24.1 Å². The lowest BCUT2D eigenvalue weighted by Crippen LogP contribution is -2.24. The zero-order chi connectivity index (χ0) is 15.9. The van der Waals surface area contributed by atoms with Gasteiger partial charge in [0, 0.05) is 13.1 Å². The molecule has 0 aliphatic carbocycles. The molecule has 0 saturated heterocycles. The number of nitrogens with one attached hydrogen (secondary N) is 2. The molecular formula is C14H10N4O4. The molecule has 22 heavy (non-hydrogen) atoms. The fourth-order valence-corrected chi connectivity index (χ4v) is 2.16. The molecule has 0 radical (unpaired) electrons. The van der Waals surface area contributed by atoms with Crippen molar-refractivity contribution in [1.29, 1.82) is 0 Å². The summed E-state index contributed by atoms with van der Waals surface area (Å²) < 4.78 is 0. The summed E-state index contributed by atoms with van der Waals surface area (Å²) in [6.45, 7) is 0. The molecule has 2 N–H and O–H groups in total. The summed E-state index contributed by atoms with van der Waals surface area (Å²) in [6, 6.07) is 7.04. The first kappa shape index (κ1) is 13.7. The summed E-state index contributed by atoms with van der Waals surface area (Å²) in [5.74, 6) is -1.50. The normalized spacial score (nSPS) is 13.2. The Bertz CT molecular complexity index is 851. The number of aromatic amines is 1. The fraction of sp³-hybridized carbons (Fsp3) is 0.0714. The maximum Gasteiger partial charge on any atom is 0.276 e. The molecule has 1 aliphatic rings. The van der Waals surface area contributed by atoms with E-state index in [4.69, 9.17) is 0 Å². The van der Waals surface area contributed by atoms with Crippen LogP contribution in [0, 0.1) is 0 Å². The second-order valence-corrected chi connectivity index (χ2v) is 4.66. The highest BCUT2D eigenvalue weighted by Gasteiger charge is 2.35. The number of fused-ring (bicyclic) bond motifs is 1. The SMILES string of the molecule is CN1C(=O)c2cccc(NC(=O)c3ccc(=O)[nH]n3)c2C1=O. The third-order valence-electron chi connectivity index (χ3n) is 3.28. The van der Waals surface area contributed by atoms with Gasteiger partial charge in [0.1, 0.15) is 5.69 Å². The molecule has 0 atom stereocenters. The maximum atomic E-state index is 12.1. The number of carbonyl (C=O) groups excluding carboxylic acids is 3. The third-order valence-corrected chi connectivity index (χ3v) is 3.28. The number of hydrogen-bond donors (Lipinski definition) is 2. The Morgan fingerprint density at radius 3 is 2.59 bits per heavy atom. The Labute approximate surface area is 123 Å². The highest BCUT2D eigenvalue weighted by Crippen LogP contribution is 2.28. The van der Waals surface area contributed by atoms with Gasteiger partial charge in [0.2, 0.25) is 0 Å². The van der Waals surface area contributed by atoms with E-state index in [1.807, 2.05) is 0 Å². The van der Waals surface area contributed by atoms with Crippen LogP contribution in [0.2, 0.25) is 0 Å². The summed E-state index contributed by atoms with van der Waals surface area (Å²) in [6.07, 6.45) is 0. The Kier molecular flexibility index (Phi) is 3.06. The molecular weight excluding hydrogens is 288 g/mol. The first-order valence-corrected chi connectivity index (χ1v) is 6.31. The first-order chi connectivity index (χ1) is 10.5. The number of anilines is 1. The Balaban J connectivity index is 1.96. The highest BCUT2D eigenvalue weighted by molar-refractivity contribution is 6.24. The van der Waals surface area contributed by atoms with E-state index in [1.165, 1.54) is 31.3 Å². The van der Waals surface area contributed by atoms with Crippen molar-refractivity contribution in [2.24, 2.45) is 0 Å². The van der Waals surface area contributed by atoms with Crippen molar-refractivity contribution in [3.05, 3.63) is 57.5 Å². The average molecular weight is 298 g/mol. The largest absolute Gasteiger partial charge is 0.320 e. The summed E-state index contributed by atoms with van der Waals surface area (Å²) in [4.78, 5) is 48.0. The van der Waals surface area contributed by atoms with E-state index < -0.39 is 23.3 Å². The van der Waals surface area contributed by atoms with Crippen LogP contribution in [0.4, 0.5) is 5.69 Å². The Morgan fingerprint density at radius 1 is 1.14 bits per heavy atom. The van der Waals surface area contributed by atoms with Gasteiger partial charge in [-0.1, -0.05) is 6.07 Å². The lowest BCUT2D eigenvalue weighted by atomic mass is 10.1. The van der Waals surface area contributed by atoms with Crippen molar-refractivity contribution in [1.82, 2.24) is 15.1 Å². The molecule has 2 aromatic rings. The zero-order valence-electron chi connectivity index (χ0n) is 11.4. The topological polar surface area (TPSA) is 112 Å². The summed E-state index contributed by atoms with van der Waals surface area (Å²) in [7, 11) is 1.37. The standard InChI is InChI=1S/C14H10N4O4/c1-18-13(21)7-3-2-4-8(11(7)14(18)22)15-12(20)9-5-6-10(19)17-16-9/h2-6H,1H3,(H,15,20)(H,17,19). The van der Waals surface area contributed by atoms with Crippen molar-refractivity contribution >= 4 is 23.4 Å². The maximum absolute atomic E-state index is 12.1. The molecule has 0 bridgehead atoms. The van der Waals surface area contributed by atoms with Crippen LogP contribution in [0.25, 0.3) is 0 Å². The van der Waals surface area contributed by atoms with E-state index in [-0.39, 0.29) is 22.5 Å². The monoisotopic (exact) mass is 298 g/mol. The van der Waals surface area contributed by atoms with Gasteiger partial charge >= 0.3 is 0 Å². The molecule has 0 saturated carbocycles. The molecule has 110 valence electrons. The number of benzene rings is 1. The lowest BCUT2D eigenvalue weighted by molar-refractivity contribution is 0.0693. The molecule has 1 aromatic carbocycles. The number of aromatic nitrogens is 2. The van der Waals surface area contributed by atoms with E-state index in [0.29, 0.717) is 0 Å². The molecule has 8 heteroatoms. The van der Waals surface area contributed by atoms with Gasteiger partial charge in [0.25, 0.3) is 23.3 Å². The predicted molar refractivity (Wildman–Crippen MR) is 75.7 cm³/mol. The number of carbonyl (C=O) groups is 3. The molecule has 1 aliphatic heterocycles. The smallest absolute Gasteiger partial charge is 0.276 e. The van der Waals surface area contributed by atoms with Crippen LogP contribution in [-0.2, 0) is 0 Å². The average Bonchev–Trinajstić information content (AvgIpc) is 2.73. The second kappa shape index (κ2) is 4.92. The van der Waals surface area contributed by atoms with Crippen LogP contribution in [0.15, 0.2) is 35.1 Å². The number of nitrogens with zero attached hydrogens (tertiary/aromatic N) is 2.